The van der Waals surface area contributed by atoms with E-state index in [1.54, 1.807) is 0 Å². The van der Waals surface area contributed by atoms with Gasteiger partial charge in [0.15, 0.2) is 0 Å². The van der Waals surface area contributed by atoms with E-state index in [1.165, 1.54) is 4.79 Å². The van der Waals surface area contributed by atoms with Crippen LogP contribution in [0.1, 0.15) is 5.56 Å². The molecule has 0 aliphatic carbocycles. The molecule has 0 spiro atoms. The number of hydrogen-bond donors (Lipinski definition) is 2. The van der Waals surface area contributed by atoms with Crippen LogP contribution in [0, 0.1) is 0 Å². The highest BCUT2D eigenvalue weighted by molar-refractivity contribution is 9.10. The number of rotatable bonds is 3. The van der Waals surface area contributed by atoms with Crippen LogP contribution < -0.4 is 11.2 Å². The third-order valence-electron chi connectivity index (χ3n) is 1.84. The third-order valence-corrected chi connectivity index (χ3v) is 2.37. The second-order valence-corrected chi connectivity index (χ2v) is 3.83. The van der Waals surface area contributed by atoms with Crippen LogP contribution in [-0.4, -0.2) is 20.3 Å². The summed E-state index contributed by atoms with van der Waals surface area (Å²) in [5.41, 5.74) is 9.57. The summed E-state index contributed by atoms with van der Waals surface area (Å²) in [4.78, 5) is 1.34. The fraction of sp³-hybridized carbons (Fsp3) is 0.125. The molecule has 0 radical (unpaired) electrons. The first-order valence-corrected chi connectivity index (χ1v) is 5.07. The summed E-state index contributed by atoms with van der Waals surface area (Å²) in [5, 5.41) is 10.6. The Kier molecular flexibility index (Phi) is 2.82. The minimum atomic E-state index is 0.243. The molecule has 15 heavy (non-hydrogen) atoms. The van der Waals surface area contributed by atoms with Crippen LogP contribution in [0.5, 0.6) is 0 Å². The van der Waals surface area contributed by atoms with Crippen molar-refractivity contribution in [2.75, 3.05) is 11.2 Å². The first-order chi connectivity index (χ1) is 7.25. The topological polar surface area (TPSA) is 81.7 Å². The lowest BCUT2D eigenvalue weighted by Crippen LogP contribution is -2.18. The van der Waals surface area contributed by atoms with Crippen LogP contribution in [-0.2, 0) is 6.54 Å². The van der Waals surface area contributed by atoms with Gasteiger partial charge in [-0.15, -0.1) is 4.79 Å². The smallest absolute Gasteiger partial charge is 0.260 e. The summed E-state index contributed by atoms with van der Waals surface area (Å²) in [7, 11) is 0. The van der Waals surface area contributed by atoms with Crippen LogP contribution in [0.25, 0.3) is 0 Å². The molecule has 0 fully saturated rings. The molecule has 0 atom stereocenters. The third kappa shape index (κ3) is 2.44. The minimum Gasteiger partial charge on any atom is -0.365 e. The zero-order chi connectivity index (χ0) is 10.7. The van der Waals surface area contributed by atoms with Crippen molar-refractivity contribution in [2.24, 2.45) is 0 Å². The van der Waals surface area contributed by atoms with Gasteiger partial charge >= 0.3 is 0 Å². The lowest BCUT2D eigenvalue weighted by molar-refractivity contribution is 0.693. The predicted octanol–water partition coefficient (Wildman–Crippen LogP) is 0.761. The molecule has 0 aliphatic rings. The Balaban J connectivity index is 1.99. The maximum atomic E-state index is 5.49. The van der Waals surface area contributed by atoms with Gasteiger partial charge < -0.3 is 11.2 Å². The molecule has 0 aliphatic heterocycles. The monoisotopic (exact) mass is 268 g/mol. The summed E-state index contributed by atoms with van der Waals surface area (Å²) in [6.45, 7) is 0.614. The fourth-order valence-corrected chi connectivity index (χ4v) is 1.34. The number of nitrogens with one attached hydrogen (secondary N) is 1. The second kappa shape index (κ2) is 4.26. The SMILES string of the molecule is Nc1nnnn1NCc1ccc(Br)cc1. The Hall–Kier alpha value is -1.63. The highest BCUT2D eigenvalue weighted by Gasteiger charge is 1.99. The Labute approximate surface area is 94.6 Å². The van der Waals surface area contributed by atoms with Gasteiger partial charge in [-0.2, -0.15) is 0 Å². The van der Waals surface area contributed by atoms with Crippen molar-refractivity contribution in [2.45, 2.75) is 6.54 Å². The standard InChI is InChI=1S/C8H9BrN6/c9-7-3-1-6(2-4-7)5-11-15-8(10)12-13-14-15/h1-4,11H,5H2,(H2,10,12,14). The first kappa shape index (κ1) is 9.91. The number of aromatic nitrogens is 4. The lowest BCUT2D eigenvalue weighted by atomic mass is 10.2. The molecule has 1 heterocycles. The van der Waals surface area contributed by atoms with Gasteiger partial charge in [0.1, 0.15) is 0 Å². The maximum Gasteiger partial charge on any atom is 0.260 e. The second-order valence-electron chi connectivity index (χ2n) is 2.91. The molecule has 0 saturated heterocycles. The summed E-state index contributed by atoms with van der Waals surface area (Å²) in [5.74, 6) is 0.243. The number of anilines is 1. The van der Waals surface area contributed by atoms with E-state index in [2.05, 4.69) is 36.9 Å². The van der Waals surface area contributed by atoms with E-state index in [-0.39, 0.29) is 5.95 Å². The molecule has 3 N–H and O–H groups in total. The molecule has 6 nitrogen and oxygen atoms in total. The number of tetrazole rings is 1. The maximum absolute atomic E-state index is 5.49. The molecule has 2 rings (SSSR count). The number of nitrogens with zero attached hydrogens (tertiary/aromatic N) is 4. The van der Waals surface area contributed by atoms with Gasteiger partial charge in [0, 0.05) is 4.47 Å². The van der Waals surface area contributed by atoms with Gasteiger partial charge in [-0.05, 0) is 28.1 Å². The van der Waals surface area contributed by atoms with Gasteiger partial charge in [-0.1, -0.05) is 33.2 Å². The molecule has 0 amide bonds. The Morgan fingerprint density at radius 1 is 1.33 bits per heavy atom. The van der Waals surface area contributed by atoms with Crippen molar-refractivity contribution in [1.29, 1.82) is 0 Å². The first-order valence-electron chi connectivity index (χ1n) is 4.28. The molecular weight excluding hydrogens is 260 g/mol. The molecule has 0 bridgehead atoms. The van der Waals surface area contributed by atoms with Crippen molar-refractivity contribution < 1.29 is 0 Å². The number of hydrogen-bond acceptors (Lipinski definition) is 5. The molecular formula is C8H9BrN6. The van der Waals surface area contributed by atoms with E-state index in [0.29, 0.717) is 6.54 Å². The molecule has 0 unspecified atom stereocenters. The van der Waals surface area contributed by atoms with Crippen molar-refractivity contribution in [3.63, 3.8) is 0 Å². The van der Waals surface area contributed by atoms with Crippen LogP contribution in [0.15, 0.2) is 28.7 Å². The van der Waals surface area contributed by atoms with Gasteiger partial charge in [0.2, 0.25) is 0 Å². The highest BCUT2D eigenvalue weighted by Crippen LogP contribution is 2.10. The summed E-state index contributed by atoms with van der Waals surface area (Å²) in [6, 6.07) is 7.94. The quantitative estimate of drug-likeness (QED) is 0.859. The Bertz CT molecular complexity index is 437. The van der Waals surface area contributed by atoms with E-state index in [9.17, 15) is 0 Å². The van der Waals surface area contributed by atoms with Gasteiger partial charge in [0.05, 0.1) is 6.54 Å². The van der Waals surface area contributed by atoms with Crippen molar-refractivity contribution in [3.05, 3.63) is 34.3 Å². The fourth-order valence-electron chi connectivity index (χ4n) is 1.08. The molecule has 1 aromatic carbocycles. The lowest BCUT2D eigenvalue weighted by Gasteiger charge is -2.05. The summed E-state index contributed by atoms with van der Waals surface area (Å²) < 4.78 is 1.05. The van der Waals surface area contributed by atoms with E-state index in [0.717, 1.165) is 10.0 Å². The highest BCUT2D eigenvalue weighted by atomic mass is 79.9. The number of nitrogens with two attached hydrogens (primary N) is 1. The summed E-state index contributed by atoms with van der Waals surface area (Å²) in [6.07, 6.45) is 0. The average Bonchev–Trinajstić information content (AvgIpc) is 2.63. The van der Waals surface area contributed by atoms with Crippen LogP contribution >= 0.6 is 15.9 Å². The minimum absolute atomic E-state index is 0.243. The van der Waals surface area contributed by atoms with Gasteiger partial charge in [-0.25, -0.2) is 0 Å². The van der Waals surface area contributed by atoms with Crippen molar-refractivity contribution in [3.8, 4) is 0 Å². The number of benzene rings is 1. The van der Waals surface area contributed by atoms with Crippen LogP contribution in [0.3, 0.4) is 0 Å². The zero-order valence-electron chi connectivity index (χ0n) is 7.76. The number of halogens is 1. The summed E-state index contributed by atoms with van der Waals surface area (Å²) >= 11 is 3.37. The van der Waals surface area contributed by atoms with E-state index in [1.807, 2.05) is 24.3 Å². The molecule has 1 aromatic heterocycles. The zero-order valence-corrected chi connectivity index (χ0v) is 9.35. The molecule has 2 aromatic rings. The normalized spacial score (nSPS) is 10.2. The molecule has 0 saturated carbocycles. The van der Waals surface area contributed by atoms with E-state index in [4.69, 9.17) is 5.73 Å². The van der Waals surface area contributed by atoms with E-state index < -0.39 is 0 Å². The largest absolute Gasteiger partial charge is 0.365 e. The molecule has 7 heteroatoms. The van der Waals surface area contributed by atoms with E-state index >= 15 is 0 Å². The predicted molar refractivity (Wildman–Crippen MR) is 59.4 cm³/mol. The van der Waals surface area contributed by atoms with Crippen molar-refractivity contribution >= 4 is 21.9 Å². The van der Waals surface area contributed by atoms with Crippen LogP contribution in [0.2, 0.25) is 0 Å². The van der Waals surface area contributed by atoms with Crippen molar-refractivity contribution in [1.82, 2.24) is 20.3 Å². The Morgan fingerprint density at radius 2 is 2.07 bits per heavy atom. The van der Waals surface area contributed by atoms with Gasteiger partial charge in [0.25, 0.3) is 5.95 Å². The molecule has 78 valence electrons. The average molecular weight is 269 g/mol. The Morgan fingerprint density at radius 3 is 2.67 bits per heavy atom. The number of nitrogen functional groups attached to an aromatic ring is 1. The van der Waals surface area contributed by atoms with Gasteiger partial charge in [-0.3, -0.25) is 0 Å². The van der Waals surface area contributed by atoms with Crippen LogP contribution in [0.4, 0.5) is 5.95 Å².